The number of likely N-dealkylation sites (N-methyl/N-ethyl adjacent to an activating group) is 1. The third-order valence-corrected chi connectivity index (χ3v) is 4.74. The van der Waals surface area contributed by atoms with Gasteiger partial charge in [-0.3, -0.25) is 14.5 Å². The summed E-state index contributed by atoms with van der Waals surface area (Å²) in [6, 6.07) is 9.96. The molecular formula is C21H27N3O4. The molecule has 150 valence electrons. The lowest BCUT2D eigenvalue weighted by Crippen LogP contribution is -2.39. The van der Waals surface area contributed by atoms with Crippen LogP contribution in [0.15, 0.2) is 36.4 Å². The number of carbonyl (C=O) groups is 2. The van der Waals surface area contributed by atoms with Gasteiger partial charge >= 0.3 is 0 Å². The fourth-order valence-corrected chi connectivity index (χ4v) is 2.76. The number of nitrogens with zero attached hydrogens (tertiary/aromatic N) is 1. The van der Waals surface area contributed by atoms with Crippen LogP contribution in [0.3, 0.4) is 0 Å². The maximum absolute atomic E-state index is 12.6. The van der Waals surface area contributed by atoms with Gasteiger partial charge in [-0.15, -0.1) is 0 Å². The lowest BCUT2D eigenvalue weighted by Gasteiger charge is -2.25. The SMILES string of the molecule is COc1cc(C)c(CN(C)[C@@H](C)C(=O)Nc2ccc(C(N)=O)cc2)cc1OC. The van der Waals surface area contributed by atoms with Gasteiger partial charge in [0.05, 0.1) is 20.3 Å². The molecule has 0 unspecified atom stereocenters. The summed E-state index contributed by atoms with van der Waals surface area (Å²) < 4.78 is 10.7. The molecule has 3 N–H and O–H groups in total. The number of benzene rings is 2. The maximum atomic E-state index is 12.6. The molecule has 7 nitrogen and oxygen atoms in total. The highest BCUT2D eigenvalue weighted by Crippen LogP contribution is 2.30. The molecule has 2 amide bonds. The van der Waals surface area contributed by atoms with E-state index in [0.29, 0.717) is 29.3 Å². The van der Waals surface area contributed by atoms with Gasteiger partial charge in [-0.2, -0.15) is 0 Å². The normalized spacial score (nSPS) is 11.8. The van der Waals surface area contributed by atoms with Gasteiger partial charge in [0.25, 0.3) is 0 Å². The van der Waals surface area contributed by atoms with E-state index in [1.165, 1.54) is 0 Å². The van der Waals surface area contributed by atoms with Crippen molar-refractivity contribution in [1.29, 1.82) is 0 Å². The number of nitrogens with one attached hydrogen (secondary N) is 1. The van der Waals surface area contributed by atoms with Crippen LogP contribution in [0.25, 0.3) is 0 Å². The number of ether oxygens (including phenoxy) is 2. The van der Waals surface area contributed by atoms with Crippen LogP contribution in [0.5, 0.6) is 11.5 Å². The standard InChI is InChI=1S/C21H27N3O4/c1-13-10-18(27-4)19(28-5)11-16(13)12-24(3)14(2)21(26)23-17-8-6-15(7-9-17)20(22)25/h6-11,14H,12H2,1-5H3,(H2,22,25)(H,23,26)/t14-/m0/s1. The minimum absolute atomic E-state index is 0.146. The number of rotatable bonds is 8. The second-order valence-electron chi connectivity index (χ2n) is 6.66. The van der Waals surface area contributed by atoms with E-state index >= 15 is 0 Å². The molecule has 7 heteroatoms. The summed E-state index contributed by atoms with van der Waals surface area (Å²) in [7, 11) is 5.09. The zero-order valence-electron chi connectivity index (χ0n) is 16.9. The molecule has 0 aliphatic heterocycles. The number of methoxy groups -OCH3 is 2. The Bertz CT molecular complexity index is 849. The minimum atomic E-state index is -0.503. The number of anilines is 1. The van der Waals surface area contributed by atoms with Gasteiger partial charge < -0.3 is 20.5 Å². The highest BCUT2D eigenvalue weighted by molar-refractivity contribution is 5.96. The van der Waals surface area contributed by atoms with E-state index in [4.69, 9.17) is 15.2 Å². The molecule has 2 rings (SSSR count). The third-order valence-electron chi connectivity index (χ3n) is 4.74. The van der Waals surface area contributed by atoms with E-state index in [1.807, 2.05) is 37.9 Å². The molecule has 0 spiro atoms. The molecule has 0 saturated carbocycles. The first kappa shape index (κ1) is 21.2. The monoisotopic (exact) mass is 385 g/mol. The van der Waals surface area contributed by atoms with Crippen molar-refractivity contribution in [3.63, 3.8) is 0 Å². The summed E-state index contributed by atoms with van der Waals surface area (Å²) in [6.45, 7) is 4.40. The molecule has 1 atom stereocenters. The molecule has 0 aliphatic carbocycles. The molecule has 2 aromatic carbocycles. The zero-order valence-corrected chi connectivity index (χ0v) is 16.9. The highest BCUT2D eigenvalue weighted by Gasteiger charge is 2.20. The van der Waals surface area contributed by atoms with Crippen LogP contribution in [-0.2, 0) is 11.3 Å². The number of hydrogen-bond donors (Lipinski definition) is 2. The minimum Gasteiger partial charge on any atom is -0.493 e. The quantitative estimate of drug-likeness (QED) is 0.728. The molecule has 0 aliphatic rings. The molecule has 0 heterocycles. The summed E-state index contributed by atoms with van der Waals surface area (Å²) in [5.74, 6) is 0.684. The molecule has 2 aromatic rings. The average Bonchev–Trinajstić information content (AvgIpc) is 2.68. The molecule has 28 heavy (non-hydrogen) atoms. The van der Waals surface area contributed by atoms with Crippen molar-refractivity contribution in [2.45, 2.75) is 26.4 Å². The molecule has 0 aromatic heterocycles. The molecule has 0 saturated heterocycles. The van der Waals surface area contributed by atoms with Crippen LogP contribution < -0.4 is 20.5 Å². The van der Waals surface area contributed by atoms with Gasteiger partial charge in [-0.1, -0.05) is 0 Å². The van der Waals surface area contributed by atoms with Crippen molar-refractivity contribution in [1.82, 2.24) is 4.90 Å². The van der Waals surface area contributed by atoms with Gasteiger partial charge in [-0.25, -0.2) is 0 Å². The van der Waals surface area contributed by atoms with E-state index in [0.717, 1.165) is 11.1 Å². The third kappa shape index (κ3) is 5.01. The Morgan fingerprint density at radius 3 is 2.21 bits per heavy atom. The Hall–Kier alpha value is -3.06. The number of hydrogen-bond acceptors (Lipinski definition) is 5. The van der Waals surface area contributed by atoms with Crippen molar-refractivity contribution < 1.29 is 19.1 Å². The lowest BCUT2D eigenvalue weighted by atomic mass is 10.1. The first-order chi connectivity index (χ1) is 13.3. The summed E-state index contributed by atoms with van der Waals surface area (Å²) in [6.07, 6.45) is 0. The van der Waals surface area contributed by atoms with Gasteiger partial charge in [0.1, 0.15) is 0 Å². The smallest absolute Gasteiger partial charge is 0.248 e. The van der Waals surface area contributed by atoms with Crippen LogP contribution >= 0.6 is 0 Å². The lowest BCUT2D eigenvalue weighted by molar-refractivity contribution is -0.120. The number of aryl methyl sites for hydroxylation is 1. The average molecular weight is 385 g/mol. The fourth-order valence-electron chi connectivity index (χ4n) is 2.76. The van der Waals surface area contributed by atoms with E-state index < -0.39 is 5.91 Å². The first-order valence-corrected chi connectivity index (χ1v) is 8.89. The van der Waals surface area contributed by atoms with Crippen LogP contribution in [-0.4, -0.2) is 44.0 Å². The van der Waals surface area contributed by atoms with Crippen LogP contribution in [0.2, 0.25) is 0 Å². The van der Waals surface area contributed by atoms with E-state index in [-0.39, 0.29) is 11.9 Å². The largest absolute Gasteiger partial charge is 0.493 e. The summed E-state index contributed by atoms with van der Waals surface area (Å²) in [4.78, 5) is 25.7. The van der Waals surface area contributed by atoms with E-state index in [2.05, 4.69) is 5.32 Å². The Labute approximate surface area is 165 Å². The van der Waals surface area contributed by atoms with Crippen LogP contribution in [0, 0.1) is 6.92 Å². The van der Waals surface area contributed by atoms with Gasteiger partial charge in [0.15, 0.2) is 11.5 Å². The second-order valence-corrected chi connectivity index (χ2v) is 6.66. The Morgan fingerprint density at radius 2 is 1.68 bits per heavy atom. The van der Waals surface area contributed by atoms with Crippen molar-refractivity contribution in [3.8, 4) is 11.5 Å². The fraction of sp³-hybridized carbons (Fsp3) is 0.333. The molecular weight excluding hydrogens is 358 g/mol. The topological polar surface area (TPSA) is 93.9 Å². The number of amides is 2. The second kappa shape index (κ2) is 9.23. The van der Waals surface area contributed by atoms with E-state index in [1.54, 1.807) is 38.5 Å². The van der Waals surface area contributed by atoms with Crippen molar-refractivity contribution >= 4 is 17.5 Å². The van der Waals surface area contributed by atoms with Crippen molar-refractivity contribution in [2.24, 2.45) is 5.73 Å². The van der Waals surface area contributed by atoms with Gasteiger partial charge in [0.2, 0.25) is 11.8 Å². The zero-order chi connectivity index (χ0) is 20.8. The van der Waals surface area contributed by atoms with Crippen LogP contribution in [0.4, 0.5) is 5.69 Å². The Morgan fingerprint density at radius 1 is 1.11 bits per heavy atom. The first-order valence-electron chi connectivity index (χ1n) is 8.89. The predicted octanol–water partition coefficient (Wildman–Crippen LogP) is 2.57. The summed E-state index contributed by atoms with van der Waals surface area (Å²) in [5, 5.41) is 2.85. The number of carbonyl (C=O) groups excluding carboxylic acids is 2. The van der Waals surface area contributed by atoms with Gasteiger partial charge in [0, 0.05) is 17.8 Å². The van der Waals surface area contributed by atoms with Crippen LogP contribution in [0.1, 0.15) is 28.4 Å². The molecule has 0 fully saturated rings. The molecule has 0 bridgehead atoms. The Kier molecular flexibility index (Phi) is 7.00. The summed E-state index contributed by atoms with van der Waals surface area (Å²) >= 11 is 0. The van der Waals surface area contributed by atoms with Crippen molar-refractivity contribution in [3.05, 3.63) is 53.1 Å². The maximum Gasteiger partial charge on any atom is 0.248 e. The predicted molar refractivity (Wildman–Crippen MR) is 109 cm³/mol. The Balaban J connectivity index is 2.06. The summed E-state index contributed by atoms with van der Waals surface area (Å²) in [5.41, 5.74) is 8.33. The van der Waals surface area contributed by atoms with E-state index in [9.17, 15) is 9.59 Å². The van der Waals surface area contributed by atoms with Gasteiger partial charge in [-0.05, 0) is 68.4 Å². The highest BCUT2D eigenvalue weighted by atomic mass is 16.5. The molecule has 0 radical (unpaired) electrons. The number of nitrogens with two attached hydrogens (primary N) is 1. The van der Waals surface area contributed by atoms with Crippen molar-refractivity contribution in [2.75, 3.05) is 26.6 Å². The number of primary amides is 1.